The van der Waals surface area contributed by atoms with Gasteiger partial charge in [0.25, 0.3) is 0 Å². The van der Waals surface area contributed by atoms with Crippen molar-refractivity contribution in [3.63, 3.8) is 0 Å². The van der Waals surface area contributed by atoms with Gasteiger partial charge in [0.15, 0.2) is 0 Å². The molecule has 20 heavy (non-hydrogen) atoms. The van der Waals surface area contributed by atoms with Crippen LogP contribution in [0.15, 0.2) is 24.3 Å². The Morgan fingerprint density at radius 3 is 2.50 bits per heavy atom. The van der Waals surface area contributed by atoms with Crippen LogP contribution in [0.3, 0.4) is 0 Å². The Labute approximate surface area is 117 Å². The van der Waals surface area contributed by atoms with Gasteiger partial charge in [-0.05, 0) is 45.7 Å². The lowest BCUT2D eigenvalue weighted by Crippen LogP contribution is -2.25. The highest BCUT2D eigenvalue weighted by Gasteiger charge is 2.33. The average Bonchev–Trinajstić information content (AvgIpc) is 2.36. The topological polar surface area (TPSA) is 24.5 Å². The molecule has 0 radical (unpaired) electrons. The molecule has 1 aromatic carbocycles. The van der Waals surface area contributed by atoms with Crippen molar-refractivity contribution in [1.82, 2.24) is 10.2 Å². The van der Waals surface area contributed by atoms with Crippen LogP contribution < -0.4 is 10.1 Å². The van der Waals surface area contributed by atoms with Crippen LogP contribution >= 0.6 is 0 Å². The third-order valence-electron chi connectivity index (χ3n) is 2.69. The molecule has 0 bridgehead atoms. The first-order chi connectivity index (χ1) is 9.41. The van der Waals surface area contributed by atoms with Gasteiger partial charge in [-0.3, -0.25) is 0 Å². The highest BCUT2D eigenvalue weighted by molar-refractivity contribution is 5.35. The van der Waals surface area contributed by atoms with Gasteiger partial charge in [0.1, 0.15) is 12.4 Å². The van der Waals surface area contributed by atoms with Gasteiger partial charge in [-0.15, -0.1) is 0 Å². The van der Waals surface area contributed by atoms with Gasteiger partial charge in [-0.1, -0.05) is 12.1 Å². The van der Waals surface area contributed by atoms with Crippen molar-refractivity contribution in [2.45, 2.75) is 12.6 Å². The molecule has 1 aromatic rings. The zero-order chi connectivity index (χ0) is 15.0. The number of hydrogen-bond donors (Lipinski definition) is 1. The fourth-order valence-corrected chi connectivity index (χ4v) is 1.71. The first kappa shape index (κ1) is 16.8. The third-order valence-corrected chi connectivity index (χ3v) is 2.69. The van der Waals surface area contributed by atoms with Crippen molar-refractivity contribution in [2.75, 3.05) is 40.3 Å². The van der Waals surface area contributed by atoms with E-state index in [2.05, 4.69) is 10.2 Å². The number of alkyl halides is 3. The SMILES string of the molecule is CN(C)CCCNCCOc1ccccc1C(F)(F)F. The maximum atomic E-state index is 12.7. The van der Waals surface area contributed by atoms with Crippen LogP contribution in [-0.4, -0.2) is 45.2 Å². The molecule has 0 atom stereocenters. The highest BCUT2D eigenvalue weighted by atomic mass is 19.4. The van der Waals surface area contributed by atoms with Crippen molar-refractivity contribution >= 4 is 0 Å². The first-order valence-electron chi connectivity index (χ1n) is 6.55. The van der Waals surface area contributed by atoms with Gasteiger partial charge in [-0.25, -0.2) is 0 Å². The normalized spacial score (nSPS) is 11.9. The van der Waals surface area contributed by atoms with E-state index < -0.39 is 11.7 Å². The quantitative estimate of drug-likeness (QED) is 0.745. The van der Waals surface area contributed by atoms with Crippen molar-refractivity contribution < 1.29 is 17.9 Å². The van der Waals surface area contributed by atoms with Crippen LogP contribution in [-0.2, 0) is 6.18 Å². The Hall–Kier alpha value is -1.27. The number of nitrogens with one attached hydrogen (secondary N) is 1. The molecule has 6 heteroatoms. The lowest BCUT2D eigenvalue weighted by atomic mass is 10.2. The Kier molecular flexibility index (Phi) is 6.81. The fourth-order valence-electron chi connectivity index (χ4n) is 1.71. The number of para-hydroxylation sites is 1. The van der Waals surface area contributed by atoms with E-state index >= 15 is 0 Å². The Morgan fingerprint density at radius 1 is 1.15 bits per heavy atom. The summed E-state index contributed by atoms with van der Waals surface area (Å²) in [7, 11) is 3.99. The summed E-state index contributed by atoms with van der Waals surface area (Å²) in [6.45, 7) is 2.54. The summed E-state index contributed by atoms with van der Waals surface area (Å²) in [5.74, 6) is -0.116. The lowest BCUT2D eigenvalue weighted by molar-refractivity contribution is -0.138. The van der Waals surface area contributed by atoms with Gasteiger partial charge in [-0.2, -0.15) is 13.2 Å². The molecule has 0 amide bonds. The molecule has 0 saturated heterocycles. The second-order valence-electron chi connectivity index (χ2n) is 4.75. The minimum Gasteiger partial charge on any atom is -0.492 e. The molecule has 0 saturated carbocycles. The van der Waals surface area contributed by atoms with Gasteiger partial charge < -0.3 is 15.0 Å². The number of nitrogens with zero attached hydrogens (tertiary/aromatic N) is 1. The number of hydrogen-bond acceptors (Lipinski definition) is 3. The van der Waals surface area contributed by atoms with E-state index in [4.69, 9.17) is 4.74 Å². The van der Waals surface area contributed by atoms with E-state index in [1.165, 1.54) is 18.2 Å². The molecule has 0 aliphatic carbocycles. The minimum absolute atomic E-state index is 0.116. The van der Waals surface area contributed by atoms with Gasteiger partial charge in [0, 0.05) is 6.54 Å². The van der Waals surface area contributed by atoms with Crippen LogP contribution in [0.2, 0.25) is 0 Å². The zero-order valence-electron chi connectivity index (χ0n) is 11.8. The molecule has 114 valence electrons. The monoisotopic (exact) mass is 290 g/mol. The maximum Gasteiger partial charge on any atom is 0.419 e. The number of ether oxygens (including phenoxy) is 1. The van der Waals surface area contributed by atoms with Crippen LogP contribution in [0.4, 0.5) is 13.2 Å². The number of benzene rings is 1. The van der Waals surface area contributed by atoms with E-state index in [9.17, 15) is 13.2 Å². The highest BCUT2D eigenvalue weighted by Crippen LogP contribution is 2.35. The van der Waals surface area contributed by atoms with Crippen LogP contribution in [0, 0.1) is 0 Å². The van der Waals surface area contributed by atoms with Crippen LogP contribution in [0.1, 0.15) is 12.0 Å². The average molecular weight is 290 g/mol. The van der Waals surface area contributed by atoms with Crippen molar-refractivity contribution in [2.24, 2.45) is 0 Å². The lowest BCUT2D eigenvalue weighted by Gasteiger charge is -2.14. The van der Waals surface area contributed by atoms with Gasteiger partial charge in [0.05, 0.1) is 5.56 Å². The van der Waals surface area contributed by atoms with Crippen LogP contribution in [0.5, 0.6) is 5.75 Å². The van der Waals surface area contributed by atoms with Crippen molar-refractivity contribution in [3.05, 3.63) is 29.8 Å². The second-order valence-corrected chi connectivity index (χ2v) is 4.75. The summed E-state index contributed by atoms with van der Waals surface area (Å²) in [6, 6.07) is 5.26. The third kappa shape index (κ3) is 6.25. The molecule has 0 aliphatic rings. The molecule has 1 rings (SSSR count). The largest absolute Gasteiger partial charge is 0.492 e. The molecule has 0 fully saturated rings. The fraction of sp³-hybridized carbons (Fsp3) is 0.571. The van der Waals surface area contributed by atoms with E-state index in [1.807, 2.05) is 14.1 Å². The molecular weight excluding hydrogens is 269 g/mol. The van der Waals surface area contributed by atoms with E-state index in [0.29, 0.717) is 6.54 Å². The van der Waals surface area contributed by atoms with Crippen LogP contribution in [0.25, 0.3) is 0 Å². The van der Waals surface area contributed by atoms with Crippen molar-refractivity contribution in [3.8, 4) is 5.75 Å². The summed E-state index contributed by atoms with van der Waals surface area (Å²) < 4.78 is 43.3. The summed E-state index contributed by atoms with van der Waals surface area (Å²) in [5, 5.41) is 3.14. The summed E-state index contributed by atoms with van der Waals surface area (Å²) in [4.78, 5) is 2.08. The zero-order valence-corrected chi connectivity index (χ0v) is 11.8. The Morgan fingerprint density at radius 2 is 1.85 bits per heavy atom. The Bertz CT molecular complexity index is 394. The Balaban J connectivity index is 2.29. The molecule has 0 aromatic heterocycles. The predicted octanol–water partition coefficient (Wildman–Crippen LogP) is 2.63. The standard InChI is InChI=1S/C14H21F3N2O/c1-19(2)10-5-8-18-9-11-20-13-7-4-3-6-12(13)14(15,16)17/h3-4,6-7,18H,5,8-11H2,1-2H3. The molecule has 1 N–H and O–H groups in total. The summed E-state index contributed by atoms with van der Waals surface area (Å²) >= 11 is 0. The van der Waals surface area contributed by atoms with E-state index in [0.717, 1.165) is 25.6 Å². The second kappa shape index (κ2) is 8.11. The van der Waals surface area contributed by atoms with Crippen molar-refractivity contribution in [1.29, 1.82) is 0 Å². The summed E-state index contributed by atoms with van der Waals surface area (Å²) in [6.07, 6.45) is -3.39. The maximum absolute atomic E-state index is 12.7. The molecule has 0 unspecified atom stereocenters. The molecule has 0 spiro atoms. The summed E-state index contributed by atoms with van der Waals surface area (Å²) in [5.41, 5.74) is -0.729. The molecule has 0 aliphatic heterocycles. The molecular formula is C14H21F3N2O. The minimum atomic E-state index is -4.38. The van der Waals surface area contributed by atoms with Gasteiger partial charge in [0.2, 0.25) is 0 Å². The number of rotatable bonds is 8. The van der Waals surface area contributed by atoms with E-state index in [1.54, 1.807) is 0 Å². The molecule has 3 nitrogen and oxygen atoms in total. The molecule has 0 heterocycles. The first-order valence-corrected chi connectivity index (χ1v) is 6.55. The predicted molar refractivity (Wildman–Crippen MR) is 73.0 cm³/mol. The van der Waals surface area contributed by atoms with Gasteiger partial charge >= 0.3 is 6.18 Å². The number of halogens is 3. The smallest absolute Gasteiger partial charge is 0.419 e. The van der Waals surface area contributed by atoms with E-state index in [-0.39, 0.29) is 12.4 Å².